The lowest BCUT2D eigenvalue weighted by molar-refractivity contribution is -0.120. The fourth-order valence-corrected chi connectivity index (χ4v) is 4.31. The molecule has 0 unspecified atom stereocenters. The first-order chi connectivity index (χ1) is 13.7. The van der Waals surface area contributed by atoms with Gasteiger partial charge in [-0.1, -0.05) is 18.2 Å². The number of nitrogens with one attached hydrogen (secondary N) is 1. The predicted octanol–water partition coefficient (Wildman–Crippen LogP) is 3.75. The number of carbonyl (C=O) groups is 1. The number of benzene rings is 2. The first-order valence-corrected chi connectivity index (χ1v) is 10.3. The van der Waals surface area contributed by atoms with Crippen molar-refractivity contribution < 1.29 is 9.18 Å². The molecular formula is C23H28FN3O. The molecule has 1 saturated heterocycles. The maximum absolute atomic E-state index is 13.1. The van der Waals surface area contributed by atoms with E-state index in [4.69, 9.17) is 0 Å². The number of anilines is 2. The molecule has 2 heterocycles. The van der Waals surface area contributed by atoms with Crippen LogP contribution in [0.15, 0.2) is 48.5 Å². The Bertz CT molecular complexity index is 800. The smallest absolute Gasteiger partial charge is 0.239 e. The Morgan fingerprint density at radius 1 is 1.00 bits per heavy atom. The minimum Gasteiger partial charge on any atom is -0.371 e. The summed E-state index contributed by atoms with van der Waals surface area (Å²) >= 11 is 0. The lowest BCUT2D eigenvalue weighted by Crippen LogP contribution is -2.47. The molecular weight excluding hydrogens is 353 g/mol. The van der Waals surface area contributed by atoms with Crippen LogP contribution in [0, 0.1) is 5.82 Å². The van der Waals surface area contributed by atoms with Crippen molar-refractivity contribution >= 4 is 17.3 Å². The highest BCUT2D eigenvalue weighted by molar-refractivity contribution is 5.82. The molecule has 2 aliphatic rings. The molecule has 4 rings (SSSR count). The molecule has 2 aliphatic heterocycles. The molecule has 0 radical (unpaired) electrons. The summed E-state index contributed by atoms with van der Waals surface area (Å²) < 4.78 is 13.1. The van der Waals surface area contributed by atoms with Crippen molar-refractivity contribution in [2.24, 2.45) is 0 Å². The molecule has 1 N–H and O–H groups in total. The van der Waals surface area contributed by atoms with Crippen LogP contribution >= 0.6 is 0 Å². The second-order valence-corrected chi connectivity index (χ2v) is 7.81. The van der Waals surface area contributed by atoms with Gasteiger partial charge in [-0.05, 0) is 68.0 Å². The van der Waals surface area contributed by atoms with Gasteiger partial charge in [0.2, 0.25) is 5.91 Å². The average Bonchev–Trinajstić information content (AvgIpc) is 2.92. The average molecular weight is 381 g/mol. The molecule has 5 heteroatoms. The summed E-state index contributed by atoms with van der Waals surface area (Å²) in [5.74, 6) is -0.0991. The zero-order chi connectivity index (χ0) is 19.3. The quantitative estimate of drug-likeness (QED) is 0.876. The van der Waals surface area contributed by atoms with Crippen LogP contribution in [0.5, 0.6) is 0 Å². The molecule has 0 aliphatic carbocycles. The van der Waals surface area contributed by atoms with Gasteiger partial charge in [0.05, 0.1) is 6.54 Å². The highest BCUT2D eigenvalue weighted by atomic mass is 19.1. The monoisotopic (exact) mass is 381 g/mol. The van der Waals surface area contributed by atoms with Gasteiger partial charge < -0.3 is 15.1 Å². The van der Waals surface area contributed by atoms with Crippen molar-refractivity contribution in [3.63, 3.8) is 0 Å². The Hall–Kier alpha value is -2.56. The van der Waals surface area contributed by atoms with Gasteiger partial charge in [-0.25, -0.2) is 4.39 Å². The Balaban J connectivity index is 1.30. The number of fused-ring (bicyclic) bond motifs is 1. The van der Waals surface area contributed by atoms with Gasteiger partial charge in [-0.2, -0.15) is 0 Å². The summed E-state index contributed by atoms with van der Waals surface area (Å²) in [7, 11) is 0. The summed E-state index contributed by atoms with van der Waals surface area (Å²) in [6, 6.07) is 15.3. The second kappa shape index (κ2) is 8.63. The van der Waals surface area contributed by atoms with E-state index in [1.165, 1.54) is 29.8 Å². The van der Waals surface area contributed by atoms with Crippen molar-refractivity contribution in [1.29, 1.82) is 0 Å². The number of para-hydroxylation sites is 1. The van der Waals surface area contributed by atoms with Crippen molar-refractivity contribution in [3.05, 3.63) is 59.9 Å². The third-order valence-electron chi connectivity index (χ3n) is 5.84. The first kappa shape index (κ1) is 18.8. The molecule has 0 aromatic heterocycles. The number of rotatable bonds is 4. The van der Waals surface area contributed by atoms with Crippen LogP contribution in [0.25, 0.3) is 0 Å². The summed E-state index contributed by atoms with van der Waals surface area (Å²) in [6.07, 6.45) is 5.23. The van der Waals surface area contributed by atoms with Crippen molar-refractivity contribution in [3.8, 4) is 0 Å². The Morgan fingerprint density at radius 3 is 2.54 bits per heavy atom. The molecule has 1 amide bonds. The van der Waals surface area contributed by atoms with E-state index in [0.717, 1.165) is 51.0 Å². The molecule has 0 saturated carbocycles. The van der Waals surface area contributed by atoms with Crippen LogP contribution in [0.2, 0.25) is 0 Å². The fourth-order valence-electron chi connectivity index (χ4n) is 4.31. The van der Waals surface area contributed by atoms with E-state index in [-0.39, 0.29) is 17.8 Å². The third kappa shape index (κ3) is 4.46. The van der Waals surface area contributed by atoms with Crippen molar-refractivity contribution in [2.45, 2.75) is 38.1 Å². The molecule has 0 bridgehead atoms. The van der Waals surface area contributed by atoms with E-state index < -0.39 is 0 Å². The normalized spacial score (nSPS) is 17.8. The van der Waals surface area contributed by atoms with Gasteiger partial charge in [-0.15, -0.1) is 0 Å². The summed E-state index contributed by atoms with van der Waals surface area (Å²) in [5.41, 5.74) is 3.61. The lowest BCUT2D eigenvalue weighted by Gasteiger charge is -2.34. The molecule has 4 nitrogen and oxygen atoms in total. The Labute approximate surface area is 166 Å². The topological polar surface area (TPSA) is 35.6 Å². The molecule has 148 valence electrons. The number of aryl methyl sites for hydroxylation is 1. The maximum Gasteiger partial charge on any atom is 0.239 e. The van der Waals surface area contributed by atoms with Crippen LogP contribution in [0.4, 0.5) is 15.8 Å². The largest absolute Gasteiger partial charge is 0.371 e. The molecule has 2 aromatic carbocycles. The van der Waals surface area contributed by atoms with Gasteiger partial charge in [-0.3, -0.25) is 4.79 Å². The third-order valence-corrected chi connectivity index (χ3v) is 5.84. The Morgan fingerprint density at radius 2 is 1.75 bits per heavy atom. The minimum atomic E-state index is -0.207. The maximum atomic E-state index is 13.1. The highest BCUT2D eigenvalue weighted by Gasteiger charge is 2.23. The number of hydrogen-bond acceptors (Lipinski definition) is 3. The van der Waals surface area contributed by atoms with Crippen LogP contribution in [-0.2, 0) is 11.2 Å². The first-order valence-electron chi connectivity index (χ1n) is 10.3. The zero-order valence-electron chi connectivity index (χ0n) is 16.2. The number of halogens is 1. The number of nitrogens with zero attached hydrogens (tertiary/aromatic N) is 2. The van der Waals surface area contributed by atoms with Crippen molar-refractivity contribution in [2.75, 3.05) is 36.0 Å². The molecule has 2 aromatic rings. The van der Waals surface area contributed by atoms with Gasteiger partial charge in [0, 0.05) is 37.1 Å². The summed E-state index contributed by atoms with van der Waals surface area (Å²) in [6.45, 7) is 3.12. The molecule has 1 fully saturated rings. The highest BCUT2D eigenvalue weighted by Crippen LogP contribution is 2.26. The zero-order valence-corrected chi connectivity index (χ0v) is 16.2. The van der Waals surface area contributed by atoms with Gasteiger partial charge in [0.25, 0.3) is 0 Å². The fraction of sp³-hybridized carbons (Fsp3) is 0.435. The van der Waals surface area contributed by atoms with Crippen LogP contribution in [0.3, 0.4) is 0 Å². The second-order valence-electron chi connectivity index (χ2n) is 7.81. The van der Waals surface area contributed by atoms with Crippen LogP contribution in [-0.4, -0.2) is 38.1 Å². The van der Waals surface area contributed by atoms with Gasteiger partial charge >= 0.3 is 0 Å². The lowest BCUT2D eigenvalue weighted by atomic mass is 10.0. The van der Waals surface area contributed by atoms with E-state index >= 15 is 0 Å². The Kier molecular flexibility index (Phi) is 5.79. The SMILES string of the molecule is O=C(CN1CCCCc2ccccc21)NC1CCN(c2ccc(F)cc2)CC1. The summed E-state index contributed by atoms with van der Waals surface area (Å²) in [5, 5.41) is 3.23. The van der Waals surface area contributed by atoms with Gasteiger partial charge in [0.1, 0.15) is 5.82 Å². The van der Waals surface area contributed by atoms with Crippen molar-refractivity contribution in [1.82, 2.24) is 5.32 Å². The van der Waals surface area contributed by atoms with Crippen LogP contribution < -0.4 is 15.1 Å². The molecule has 0 atom stereocenters. The number of amides is 1. The molecule has 28 heavy (non-hydrogen) atoms. The van der Waals surface area contributed by atoms with E-state index in [0.29, 0.717) is 6.54 Å². The number of piperidine rings is 1. The minimum absolute atomic E-state index is 0.108. The van der Waals surface area contributed by atoms with E-state index in [9.17, 15) is 9.18 Å². The summed E-state index contributed by atoms with van der Waals surface area (Å²) in [4.78, 5) is 17.2. The van der Waals surface area contributed by atoms with E-state index in [1.807, 2.05) is 12.1 Å². The molecule has 0 spiro atoms. The van der Waals surface area contributed by atoms with Crippen LogP contribution in [0.1, 0.15) is 31.2 Å². The predicted molar refractivity (Wildman–Crippen MR) is 111 cm³/mol. The number of carbonyl (C=O) groups excluding carboxylic acids is 1. The number of hydrogen-bond donors (Lipinski definition) is 1. The van der Waals surface area contributed by atoms with Gasteiger partial charge in [0.15, 0.2) is 0 Å². The van der Waals surface area contributed by atoms with E-state index in [1.54, 1.807) is 0 Å². The van der Waals surface area contributed by atoms with E-state index in [2.05, 4.69) is 39.4 Å². The standard InChI is InChI=1S/C23H28FN3O/c24-19-8-10-21(11-9-19)26-15-12-20(13-16-26)25-23(28)17-27-14-4-3-6-18-5-1-2-7-22(18)27/h1-2,5,7-11,20H,3-4,6,12-17H2,(H,25,28).